The monoisotopic (exact) mass is 343 g/mol. The maximum atomic E-state index is 4.46. The predicted octanol–water partition coefficient (Wildman–Crippen LogP) is 2.70. The molecule has 0 amide bonds. The number of imidazole rings is 1. The molecule has 1 aliphatic rings. The lowest BCUT2D eigenvalue weighted by molar-refractivity contribution is 0.462. The van der Waals surface area contributed by atoms with Crippen LogP contribution >= 0.6 is 22.6 Å². The summed E-state index contributed by atoms with van der Waals surface area (Å²) in [5, 5.41) is 3.52. The standard InChI is InChI=1S/C11H14IN5/c12-11-16-9-8(13-6-14-9)10(17-11)15-7-4-2-1-3-5-7/h6-7H,1-5H2,(H2,13,14,15,16,17). The highest BCUT2D eigenvalue weighted by atomic mass is 127. The van der Waals surface area contributed by atoms with Crippen molar-refractivity contribution in [3.05, 3.63) is 10.2 Å². The van der Waals surface area contributed by atoms with Crippen molar-refractivity contribution in [2.45, 2.75) is 38.1 Å². The number of hydrogen-bond donors (Lipinski definition) is 2. The Morgan fingerprint density at radius 2 is 2.06 bits per heavy atom. The first-order chi connectivity index (χ1) is 8.33. The zero-order chi connectivity index (χ0) is 11.7. The molecule has 0 aromatic carbocycles. The topological polar surface area (TPSA) is 66.5 Å². The molecule has 0 atom stereocenters. The second kappa shape index (κ2) is 4.75. The summed E-state index contributed by atoms with van der Waals surface area (Å²) >= 11 is 2.13. The average Bonchev–Trinajstić information content (AvgIpc) is 2.78. The highest BCUT2D eigenvalue weighted by molar-refractivity contribution is 14.1. The molecule has 0 aliphatic heterocycles. The predicted molar refractivity (Wildman–Crippen MR) is 74.9 cm³/mol. The molecule has 1 saturated carbocycles. The Kier molecular flexibility index (Phi) is 3.13. The summed E-state index contributed by atoms with van der Waals surface area (Å²) in [6.07, 6.45) is 8.12. The highest BCUT2D eigenvalue weighted by Crippen LogP contribution is 2.24. The van der Waals surface area contributed by atoms with Gasteiger partial charge >= 0.3 is 0 Å². The molecule has 3 rings (SSSR count). The number of anilines is 1. The third-order valence-corrected chi connectivity index (χ3v) is 3.69. The van der Waals surface area contributed by atoms with Gasteiger partial charge in [0, 0.05) is 28.6 Å². The minimum Gasteiger partial charge on any atom is -0.365 e. The van der Waals surface area contributed by atoms with Gasteiger partial charge in [-0.25, -0.2) is 15.0 Å². The maximum absolute atomic E-state index is 4.46. The van der Waals surface area contributed by atoms with Crippen LogP contribution in [0.25, 0.3) is 11.2 Å². The lowest BCUT2D eigenvalue weighted by Crippen LogP contribution is -2.23. The summed E-state index contributed by atoms with van der Waals surface area (Å²) in [6.45, 7) is 0. The Balaban J connectivity index is 1.90. The number of H-pyrrole nitrogens is 1. The Morgan fingerprint density at radius 1 is 1.24 bits per heavy atom. The highest BCUT2D eigenvalue weighted by Gasteiger charge is 2.16. The van der Waals surface area contributed by atoms with Crippen molar-refractivity contribution in [1.29, 1.82) is 0 Å². The zero-order valence-electron chi connectivity index (χ0n) is 9.41. The number of hydrogen-bond acceptors (Lipinski definition) is 4. The second-order valence-electron chi connectivity index (χ2n) is 4.42. The third kappa shape index (κ3) is 2.36. The van der Waals surface area contributed by atoms with Gasteiger partial charge in [0.1, 0.15) is 5.52 Å². The number of nitrogens with zero attached hydrogens (tertiary/aromatic N) is 3. The van der Waals surface area contributed by atoms with E-state index in [0.717, 1.165) is 20.8 Å². The van der Waals surface area contributed by atoms with Crippen LogP contribution in [-0.2, 0) is 0 Å². The molecule has 5 nitrogen and oxygen atoms in total. The first-order valence-electron chi connectivity index (χ1n) is 5.96. The van der Waals surface area contributed by atoms with Crippen LogP contribution in [0.4, 0.5) is 5.82 Å². The third-order valence-electron chi connectivity index (χ3n) is 3.20. The van der Waals surface area contributed by atoms with Crippen LogP contribution in [0.3, 0.4) is 0 Å². The van der Waals surface area contributed by atoms with Crippen LogP contribution in [0.1, 0.15) is 32.1 Å². The minimum atomic E-state index is 0.543. The Bertz CT molecular complexity index is 518. The summed E-state index contributed by atoms with van der Waals surface area (Å²) in [4.78, 5) is 16.0. The molecule has 2 N–H and O–H groups in total. The van der Waals surface area contributed by atoms with E-state index in [-0.39, 0.29) is 0 Å². The van der Waals surface area contributed by atoms with Crippen molar-refractivity contribution in [2.24, 2.45) is 0 Å². The molecule has 2 aromatic heterocycles. The first-order valence-corrected chi connectivity index (χ1v) is 7.04. The van der Waals surface area contributed by atoms with E-state index in [1.54, 1.807) is 6.33 Å². The first kappa shape index (κ1) is 11.2. The van der Waals surface area contributed by atoms with E-state index < -0.39 is 0 Å². The molecule has 0 spiro atoms. The summed E-state index contributed by atoms with van der Waals surface area (Å²) in [6, 6.07) is 0.543. The lowest BCUT2D eigenvalue weighted by Gasteiger charge is -2.23. The molecular weight excluding hydrogens is 329 g/mol. The summed E-state index contributed by atoms with van der Waals surface area (Å²) in [5.41, 5.74) is 1.65. The van der Waals surface area contributed by atoms with E-state index in [0.29, 0.717) is 6.04 Å². The number of nitrogens with one attached hydrogen (secondary N) is 2. The van der Waals surface area contributed by atoms with Crippen LogP contribution < -0.4 is 5.32 Å². The average molecular weight is 343 g/mol. The molecule has 17 heavy (non-hydrogen) atoms. The van der Waals surface area contributed by atoms with Crippen LogP contribution in [0.2, 0.25) is 0 Å². The van der Waals surface area contributed by atoms with E-state index in [9.17, 15) is 0 Å². The number of aromatic nitrogens is 4. The van der Waals surface area contributed by atoms with Crippen molar-refractivity contribution < 1.29 is 0 Å². The summed E-state index contributed by atoms with van der Waals surface area (Å²) < 4.78 is 0.737. The van der Waals surface area contributed by atoms with Gasteiger partial charge in [0.25, 0.3) is 0 Å². The van der Waals surface area contributed by atoms with Crippen LogP contribution in [0, 0.1) is 3.83 Å². The largest absolute Gasteiger partial charge is 0.365 e. The fourth-order valence-corrected chi connectivity index (χ4v) is 2.82. The smallest absolute Gasteiger partial charge is 0.194 e. The molecule has 0 bridgehead atoms. The number of aromatic amines is 1. The van der Waals surface area contributed by atoms with E-state index in [2.05, 4.69) is 47.8 Å². The van der Waals surface area contributed by atoms with Crippen LogP contribution in [0.5, 0.6) is 0 Å². The normalized spacial score (nSPS) is 17.5. The van der Waals surface area contributed by atoms with Crippen LogP contribution in [0.15, 0.2) is 6.33 Å². The van der Waals surface area contributed by atoms with Crippen molar-refractivity contribution >= 4 is 39.6 Å². The molecule has 0 saturated heterocycles. The van der Waals surface area contributed by atoms with Gasteiger partial charge < -0.3 is 10.3 Å². The molecule has 0 radical (unpaired) electrons. The van der Waals surface area contributed by atoms with Crippen LogP contribution in [-0.4, -0.2) is 26.0 Å². The number of halogens is 1. The molecule has 0 unspecified atom stereocenters. The molecule has 90 valence electrons. The quantitative estimate of drug-likeness (QED) is 0.650. The van der Waals surface area contributed by atoms with Gasteiger partial charge in [-0.1, -0.05) is 19.3 Å². The van der Waals surface area contributed by atoms with Gasteiger partial charge in [-0.05, 0) is 12.8 Å². The summed E-state index contributed by atoms with van der Waals surface area (Å²) in [5.74, 6) is 0.892. The number of fused-ring (bicyclic) bond motifs is 1. The Hall–Kier alpha value is -0.920. The number of rotatable bonds is 2. The van der Waals surface area contributed by atoms with Gasteiger partial charge in [0.05, 0.1) is 6.33 Å². The van der Waals surface area contributed by atoms with Crippen molar-refractivity contribution in [3.8, 4) is 0 Å². The summed E-state index contributed by atoms with van der Waals surface area (Å²) in [7, 11) is 0. The van der Waals surface area contributed by atoms with E-state index >= 15 is 0 Å². The molecule has 1 fully saturated rings. The van der Waals surface area contributed by atoms with Crippen molar-refractivity contribution in [2.75, 3.05) is 5.32 Å². The fraction of sp³-hybridized carbons (Fsp3) is 0.545. The van der Waals surface area contributed by atoms with E-state index in [1.807, 2.05) is 0 Å². The van der Waals surface area contributed by atoms with Crippen molar-refractivity contribution in [3.63, 3.8) is 0 Å². The fourth-order valence-electron chi connectivity index (χ4n) is 2.35. The van der Waals surface area contributed by atoms with Gasteiger partial charge in [-0.3, -0.25) is 0 Å². The SMILES string of the molecule is Ic1nc(NC2CCCCC2)c2[nH]cnc2n1. The van der Waals surface area contributed by atoms with Crippen molar-refractivity contribution in [1.82, 2.24) is 19.9 Å². The molecule has 6 heteroatoms. The Morgan fingerprint density at radius 3 is 2.88 bits per heavy atom. The van der Waals surface area contributed by atoms with Gasteiger partial charge in [0.15, 0.2) is 15.3 Å². The zero-order valence-corrected chi connectivity index (χ0v) is 11.6. The molecule has 2 aromatic rings. The van der Waals surface area contributed by atoms with Gasteiger partial charge in [-0.15, -0.1) is 0 Å². The molecule has 2 heterocycles. The van der Waals surface area contributed by atoms with E-state index in [4.69, 9.17) is 0 Å². The molecule has 1 aliphatic carbocycles. The molecular formula is C11H14IN5. The Labute approximate surface area is 113 Å². The van der Waals surface area contributed by atoms with E-state index in [1.165, 1.54) is 32.1 Å². The van der Waals surface area contributed by atoms with Gasteiger partial charge in [0.2, 0.25) is 0 Å². The minimum absolute atomic E-state index is 0.543. The lowest BCUT2D eigenvalue weighted by atomic mass is 9.95. The maximum Gasteiger partial charge on any atom is 0.194 e. The van der Waals surface area contributed by atoms with Gasteiger partial charge in [-0.2, -0.15) is 0 Å². The second-order valence-corrected chi connectivity index (χ2v) is 5.39.